The van der Waals surface area contributed by atoms with Crippen molar-refractivity contribution in [2.75, 3.05) is 40.0 Å². The Bertz CT molecular complexity index is 378. The van der Waals surface area contributed by atoms with Gasteiger partial charge in [-0.15, -0.1) is 0 Å². The summed E-state index contributed by atoms with van der Waals surface area (Å²) in [6.45, 7) is 5.04. The molecule has 0 amide bonds. The first kappa shape index (κ1) is 13.8. The van der Waals surface area contributed by atoms with Crippen LogP contribution in [0.4, 0.5) is 0 Å². The average molecular weight is 314 g/mol. The van der Waals surface area contributed by atoms with Gasteiger partial charge in [0.25, 0.3) is 0 Å². The van der Waals surface area contributed by atoms with Gasteiger partial charge in [0.15, 0.2) is 0 Å². The van der Waals surface area contributed by atoms with Crippen LogP contribution in [0.15, 0.2) is 22.7 Å². The molecule has 0 aromatic heterocycles. The van der Waals surface area contributed by atoms with Gasteiger partial charge in [-0.1, -0.05) is 15.9 Å². The van der Waals surface area contributed by atoms with Crippen LogP contribution in [0.25, 0.3) is 0 Å². The molecule has 0 aliphatic carbocycles. The molecule has 1 aliphatic heterocycles. The molecule has 0 N–H and O–H groups in total. The minimum Gasteiger partial charge on any atom is -0.497 e. The summed E-state index contributed by atoms with van der Waals surface area (Å²) in [6.07, 6.45) is 2.25. The Morgan fingerprint density at radius 3 is 2.83 bits per heavy atom. The third-order valence-electron chi connectivity index (χ3n) is 3.28. The molecule has 1 aromatic rings. The molecule has 1 aromatic carbocycles. The monoisotopic (exact) mass is 313 g/mol. The first-order chi connectivity index (χ1) is 8.79. The summed E-state index contributed by atoms with van der Waals surface area (Å²) in [5.41, 5.74) is 1.32. The first-order valence-corrected chi connectivity index (χ1v) is 7.21. The molecule has 1 aliphatic rings. The van der Waals surface area contributed by atoms with E-state index in [2.05, 4.69) is 33.0 Å². The second kappa shape index (κ2) is 7.12. The van der Waals surface area contributed by atoms with E-state index in [1.165, 1.54) is 16.5 Å². The molecule has 4 heteroatoms. The van der Waals surface area contributed by atoms with Crippen LogP contribution in [-0.2, 0) is 11.2 Å². The fraction of sp³-hybridized carbons (Fsp3) is 0.571. The summed E-state index contributed by atoms with van der Waals surface area (Å²) < 4.78 is 11.8. The SMILES string of the molecule is COc1ccc(Br)c(CCCN2CCOCC2)c1. The van der Waals surface area contributed by atoms with E-state index in [9.17, 15) is 0 Å². The molecular formula is C14H20BrNO2. The summed E-state index contributed by atoms with van der Waals surface area (Å²) in [6, 6.07) is 6.15. The number of benzene rings is 1. The number of hydrogen-bond acceptors (Lipinski definition) is 3. The van der Waals surface area contributed by atoms with Gasteiger partial charge in [0, 0.05) is 17.6 Å². The first-order valence-electron chi connectivity index (χ1n) is 6.42. The number of halogens is 1. The van der Waals surface area contributed by atoms with Gasteiger partial charge in [0.05, 0.1) is 20.3 Å². The van der Waals surface area contributed by atoms with Gasteiger partial charge in [-0.3, -0.25) is 4.90 Å². The molecule has 0 saturated carbocycles. The lowest BCUT2D eigenvalue weighted by atomic mass is 10.1. The largest absolute Gasteiger partial charge is 0.497 e. The molecule has 1 fully saturated rings. The normalized spacial score (nSPS) is 16.8. The Labute approximate surface area is 117 Å². The van der Waals surface area contributed by atoms with Gasteiger partial charge in [-0.05, 0) is 43.1 Å². The van der Waals surface area contributed by atoms with Crippen LogP contribution in [-0.4, -0.2) is 44.9 Å². The molecule has 1 heterocycles. The van der Waals surface area contributed by atoms with E-state index in [4.69, 9.17) is 9.47 Å². The van der Waals surface area contributed by atoms with Crippen molar-refractivity contribution in [1.82, 2.24) is 4.90 Å². The Balaban J connectivity index is 1.81. The highest BCUT2D eigenvalue weighted by molar-refractivity contribution is 9.10. The van der Waals surface area contributed by atoms with Gasteiger partial charge in [-0.2, -0.15) is 0 Å². The van der Waals surface area contributed by atoms with Crippen molar-refractivity contribution < 1.29 is 9.47 Å². The number of aryl methyl sites for hydroxylation is 1. The number of ether oxygens (including phenoxy) is 2. The van der Waals surface area contributed by atoms with Crippen LogP contribution in [0.1, 0.15) is 12.0 Å². The van der Waals surface area contributed by atoms with Crippen molar-refractivity contribution in [2.24, 2.45) is 0 Å². The third-order valence-corrected chi connectivity index (χ3v) is 4.05. The van der Waals surface area contributed by atoms with Crippen LogP contribution in [0.3, 0.4) is 0 Å². The van der Waals surface area contributed by atoms with Crippen LogP contribution in [0.5, 0.6) is 5.75 Å². The number of nitrogens with zero attached hydrogens (tertiary/aromatic N) is 1. The van der Waals surface area contributed by atoms with Crippen molar-refractivity contribution in [3.8, 4) is 5.75 Å². The Morgan fingerprint density at radius 2 is 2.11 bits per heavy atom. The zero-order valence-corrected chi connectivity index (χ0v) is 12.4. The summed E-state index contributed by atoms with van der Waals surface area (Å²) >= 11 is 3.60. The standard InChI is InChI=1S/C14H20BrNO2/c1-17-13-4-5-14(15)12(11-13)3-2-6-16-7-9-18-10-8-16/h4-5,11H,2-3,6-10H2,1H3. The molecule has 0 atom stereocenters. The highest BCUT2D eigenvalue weighted by atomic mass is 79.9. The number of morpholine rings is 1. The van der Waals surface area contributed by atoms with Gasteiger partial charge < -0.3 is 9.47 Å². The summed E-state index contributed by atoms with van der Waals surface area (Å²) in [5, 5.41) is 0. The van der Waals surface area contributed by atoms with E-state index in [0.717, 1.165) is 45.0 Å². The topological polar surface area (TPSA) is 21.7 Å². The fourth-order valence-corrected chi connectivity index (χ4v) is 2.63. The third kappa shape index (κ3) is 3.97. The van der Waals surface area contributed by atoms with E-state index >= 15 is 0 Å². The maximum atomic E-state index is 5.35. The molecule has 100 valence electrons. The van der Waals surface area contributed by atoms with Crippen LogP contribution < -0.4 is 4.74 Å². The molecule has 18 heavy (non-hydrogen) atoms. The predicted octanol–water partition coefficient (Wildman–Crippen LogP) is 2.72. The minimum atomic E-state index is 0.878. The molecule has 2 rings (SSSR count). The van der Waals surface area contributed by atoms with Crippen LogP contribution in [0, 0.1) is 0 Å². The van der Waals surface area contributed by atoms with Crippen molar-refractivity contribution in [3.63, 3.8) is 0 Å². The van der Waals surface area contributed by atoms with Crippen LogP contribution in [0.2, 0.25) is 0 Å². The van der Waals surface area contributed by atoms with E-state index in [1.807, 2.05) is 6.07 Å². The molecule has 3 nitrogen and oxygen atoms in total. The Morgan fingerprint density at radius 1 is 1.33 bits per heavy atom. The zero-order valence-electron chi connectivity index (χ0n) is 10.8. The lowest BCUT2D eigenvalue weighted by Gasteiger charge is -2.26. The number of methoxy groups -OCH3 is 1. The van der Waals surface area contributed by atoms with Gasteiger partial charge in [0.2, 0.25) is 0 Å². The predicted molar refractivity (Wildman–Crippen MR) is 76.3 cm³/mol. The summed E-state index contributed by atoms with van der Waals surface area (Å²) in [7, 11) is 1.71. The molecule has 1 saturated heterocycles. The second-order valence-electron chi connectivity index (χ2n) is 4.51. The average Bonchev–Trinajstić information content (AvgIpc) is 2.42. The summed E-state index contributed by atoms with van der Waals surface area (Å²) in [5.74, 6) is 0.930. The molecule has 0 bridgehead atoms. The van der Waals surface area contributed by atoms with Crippen molar-refractivity contribution >= 4 is 15.9 Å². The number of rotatable bonds is 5. The quantitative estimate of drug-likeness (QED) is 0.834. The van der Waals surface area contributed by atoms with E-state index in [-0.39, 0.29) is 0 Å². The number of hydrogen-bond donors (Lipinski definition) is 0. The highest BCUT2D eigenvalue weighted by Crippen LogP contribution is 2.23. The highest BCUT2D eigenvalue weighted by Gasteiger charge is 2.10. The van der Waals surface area contributed by atoms with Crippen molar-refractivity contribution in [3.05, 3.63) is 28.2 Å². The Hall–Kier alpha value is -0.580. The molecular weight excluding hydrogens is 294 g/mol. The minimum absolute atomic E-state index is 0.878. The lowest BCUT2D eigenvalue weighted by Crippen LogP contribution is -2.36. The van der Waals surface area contributed by atoms with Crippen molar-refractivity contribution in [1.29, 1.82) is 0 Å². The smallest absolute Gasteiger partial charge is 0.119 e. The fourth-order valence-electron chi connectivity index (χ4n) is 2.19. The maximum absolute atomic E-state index is 5.35. The zero-order chi connectivity index (χ0) is 12.8. The van der Waals surface area contributed by atoms with Crippen LogP contribution >= 0.6 is 15.9 Å². The summed E-state index contributed by atoms with van der Waals surface area (Å²) in [4.78, 5) is 2.47. The lowest BCUT2D eigenvalue weighted by molar-refractivity contribution is 0.0374. The molecule has 0 spiro atoms. The molecule has 0 radical (unpaired) electrons. The second-order valence-corrected chi connectivity index (χ2v) is 5.37. The maximum Gasteiger partial charge on any atom is 0.119 e. The van der Waals surface area contributed by atoms with E-state index in [0.29, 0.717) is 0 Å². The van der Waals surface area contributed by atoms with Gasteiger partial charge in [-0.25, -0.2) is 0 Å². The molecule has 0 unspecified atom stereocenters. The van der Waals surface area contributed by atoms with Gasteiger partial charge in [0.1, 0.15) is 5.75 Å². The van der Waals surface area contributed by atoms with E-state index in [1.54, 1.807) is 7.11 Å². The van der Waals surface area contributed by atoms with Gasteiger partial charge >= 0.3 is 0 Å². The van der Waals surface area contributed by atoms with Crippen molar-refractivity contribution in [2.45, 2.75) is 12.8 Å². The Kier molecular flexibility index (Phi) is 5.47. The van der Waals surface area contributed by atoms with E-state index < -0.39 is 0 Å².